The number of aromatic nitrogens is 3. The van der Waals surface area contributed by atoms with Gasteiger partial charge in [0.15, 0.2) is 5.16 Å². The number of halogens is 1. The molecule has 1 aromatic heterocycles. The third-order valence-corrected chi connectivity index (χ3v) is 6.67. The molecule has 4 rings (SSSR count). The topological polar surface area (TPSA) is 89.3 Å². The summed E-state index contributed by atoms with van der Waals surface area (Å²) in [7, 11) is 1.31. The maximum absolute atomic E-state index is 12.8. The summed E-state index contributed by atoms with van der Waals surface area (Å²) in [6.45, 7) is 1.81. The van der Waals surface area contributed by atoms with Crippen molar-refractivity contribution >= 4 is 41.2 Å². The van der Waals surface area contributed by atoms with Crippen LogP contribution in [0.3, 0.4) is 0 Å². The Morgan fingerprint density at radius 3 is 2.59 bits per heavy atom. The van der Waals surface area contributed by atoms with Gasteiger partial charge in [-0.2, -0.15) is 0 Å². The smallest absolute Gasteiger partial charge is 0.328 e. The van der Waals surface area contributed by atoms with Crippen LogP contribution >= 0.6 is 23.4 Å². The van der Waals surface area contributed by atoms with Crippen molar-refractivity contribution < 1.29 is 14.3 Å². The molecule has 2 heterocycles. The van der Waals surface area contributed by atoms with E-state index in [9.17, 15) is 9.59 Å². The average molecular weight is 500 g/mol. The van der Waals surface area contributed by atoms with E-state index >= 15 is 0 Å². The van der Waals surface area contributed by atoms with Crippen LogP contribution in [0.1, 0.15) is 18.4 Å². The average Bonchev–Trinajstić information content (AvgIpc) is 3.52. The number of ether oxygens (including phenoxy) is 1. The fourth-order valence-corrected chi connectivity index (χ4v) is 4.81. The molecule has 34 heavy (non-hydrogen) atoms. The minimum atomic E-state index is -0.772. The third kappa shape index (κ3) is 5.90. The molecule has 0 saturated carbocycles. The monoisotopic (exact) mass is 499 g/mol. The van der Waals surface area contributed by atoms with Crippen LogP contribution in [0.4, 0.5) is 5.95 Å². The second-order valence-corrected chi connectivity index (χ2v) is 9.29. The van der Waals surface area contributed by atoms with Crippen LogP contribution in [0, 0.1) is 0 Å². The molecular weight excluding hydrogens is 474 g/mol. The van der Waals surface area contributed by atoms with Crippen molar-refractivity contribution in [1.82, 2.24) is 20.1 Å². The molecule has 0 bridgehead atoms. The number of methoxy groups -OCH3 is 1. The summed E-state index contributed by atoms with van der Waals surface area (Å²) in [6.07, 6.45) is 2.55. The number of thioether (sulfide) groups is 1. The molecule has 0 radical (unpaired) electrons. The van der Waals surface area contributed by atoms with Gasteiger partial charge in [0.05, 0.1) is 18.6 Å². The van der Waals surface area contributed by atoms with Gasteiger partial charge in [0.1, 0.15) is 6.04 Å². The highest BCUT2D eigenvalue weighted by molar-refractivity contribution is 7.99. The van der Waals surface area contributed by atoms with E-state index in [4.69, 9.17) is 16.3 Å². The lowest BCUT2D eigenvalue weighted by Gasteiger charge is -2.19. The molecule has 178 valence electrons. The summed E-state index contributed by atoms with van der Waals surface area (Å²) in [5, 5.41) is 12.7. The van der Waals surface area contributed by atoms with Crippen LogP contribution < -0.4 is 10.2 Å². The number of hydrogen-bond acceptors (Lipinski definition) is 7. The van der Waals surface area contributed by atoms with E-state index in [2.05, 4.69) is 20.4 Å². The summed E-state index contributed by atoms with van der Waals surface area (Å²) >= 11 is 7.50. The highest BCUT2D eigenvalue weighted by atomic mass is 35.5. The van der Waals surface area contributed by atoms with Crippen LogP contribution in [0.15, 0.2) is 59.8 Å². The SMILES string of the molecule is COC(=O)[C@H](Cc1ccccc1)NC(=O)CSc1nnc(N2CCCC2)n1-c1cccc(Cl)c1. The number of esters is 1. The Morgan fingerprint density at radius 2 is 1.88 bits per heavy atom. The Kier molecular flexibility index (Phi) is 8.08. The Balaban J connectivity index is 1.49. The van der Waals surface area contributed by atoms with Crippen molar-refractivity contribution in [2.24, 2.45) is 0 Å². The molecule has 1 atom stereocenters. The summed E-state index contributed by atoms with van der Waals surface area (Å²) in [4.78, 5) is 27.2. The fourth-order valence-electron chi connectivity index (χ4n) is 3.87. The van der Waals surface area contributed by atoms with Gasteiger partial charge in [-0.05, 0) is 36.6 Å². The molecule has 1 aliphatic rings. The van der Waals surface area contributed by atoms with Gasteiger partial charge in [-0.25, -0.2) is 4.79 Å². The Bertz CT molecular complexity index is 1130. The first-order chi connectivity index (χ1) is 16.5. The first-order valence-electron chi connectivity index (χ1n) is 11.1. The molecule has 8 nitrogen and oxygen atoms in total. The van der Waals surface area contributed by atoms with Gasteiger partial charge < -0.3 is 15.0 Å². The second kappa shape index (κ2) is 11.4. The van der Waals surface area contributed by atoms with Crippen molar-refractivity contribution in [3.63, 3.8) is 0 Å². The van der Waals surface area contributed by atoms with Crippen LogP contribution in [0.2, 0.25) is 5.02 Å². The zero-order chi connectivity index (χ0) is 23.9. The van der Waals surface area contributed by atoms with Crippen LogP contribution in [0.5, 0.6) is 0 Å². The molecule has 0 spiro atoms. The standard InChI is InChI=1S/C24H26ClN5O3S/c1-33-22(32)20(14-17-8-3-2-4-9-17)26-21(31)16-34-24-28-27-23(29-12-5-6-13-29)30(24)19-11-7-10-18(25)15-19/h2-4,7-11,15,20H,5-6,12-14,16H2,1H3,(H,26,31)/t20-/m0/s1. The van der Waals surface area contributed by atoms with E-state index in [-0.39, 0.29) is 11.7 Å². The Hall–Kier alpha value is -3.04. The molecule has 10 heteroatoms. The summed E-state index contributed by atoms with van der Waals surface area (Å²) < 4.78 is 6.82. The number of carbonyl (C=O) groups is 2. The van der Waals surface area contributed by atoms with E-state index in [0.29, 0.717) is 16.6 Å². The van der Waals surface area contributed by atoms with E-state index < -0.39 is 12.0 Å². The number of amides is 1. The van der Waals surface area contributed by atoms with Gasteiger partial charge in [-0.3, -0.25) is 9.36 Å². The maximum atomic E-state index is 12.8. The lowest BCUT2D eigenvalue weighted by molar-refractivity contribution is -0.144. The van der Waals surface area contributed by atoms with Crippen LogP contribution in [-0.2, 0) is 20.7 Å². The quantitative estimate of drug-likeness (QED) is 0.356. The Morgan fingerprint density at radius 1 is 1.12 bits per heavy atom. The molecule has 2 aromatic carbocycles. The summed E-state index contributed by atoms with van der Waals surface area (Å²) in [6, 6.07) is 16.2. The third-order valence-electron chi connectivity index (χ3n) is 5.51. The lowest BCUT2D eigenvalue weighted by atomic mass is 10.1. The summed E-state index contributed by atoms with van der Waals surface area (Å²) in [5.74, 6) is 0.0283. The highest BCUT2D eigenvalue weighted by Crippen LogP contribution is 2.29. The highest BCUT2D eigenvalue weighted by Gasteiger charge is 2.25. The van der Waals surface area contributed by atoms with Crippen LogP contribution in [-0.4, -0.2) is 58.6 Å². The normalized spacial score (nSPS) is 14.1. The number of hydrogen-bond donors (Lipinski definition) is 1. The van der Waals surface area contributed by atoms with Crippen molar-refractivity contribution in [3.8, 4) is 5.69 Å². The zero-order valence-corrected chi connectivity index (χ0v) is 20.4. The van der Waals surface area contributed by atoms with Gasteiger partial charge in [0.25, 0.3) is 0 Å². The number of anilines is 1. The molecule has 1 saturated heterocycles. The molecule has 3 aromatic rings. The minimum absolute atomic E-state index is 0.0704. The number of carbonyl (C=O) groups excluding carboxylic acids is 2. The van der Waals surface area contributed by atoms with Crippen LogP contribution in [0.25, 0.3) is 5.69 Å². The fraction of sp³-hybridized carbons (Fsp3) is 0.333. The number of nitrogens with zero attached hydrogens (tertiary/aromatic N) is 4. The van der Waals surface area contributed by atoms with Gasteiger partial charge in [0, 0.05) is 24.5 Å². The largest absolute Gasteiger partial charge is 0.467 e. The number of nitrogens with one attached hydrogen (secondary N) is 1. The molecule has 1 aliphatic heterocycles. The first-order valence-corrected chi connectivity index (χ1v) is 12.4. The van der Waals surface area contributed by atoms with Gasteiger partial charge in [-0.15, -0.1) is 10.2 Å². The van der Waals surface area contributed by atoms with Gasteiger partial charge in [0.2, 0.25) is 11.9 Å². The predicted octanol–water partition coefficient (Wildman–Crippen LogP) is 3.51. The molecule has 1 N–H and O–H groups in total. The molecule has 1 fully saturated rings. The predicted molar refractivity (Wildman–Crippen MR) is 133 cm³/mol. The first kappa shape index (κ1) is 24.1. The number of benzene rings is 2. The molecule has 0 aliphatic carbocycles. The molecular formula is C24H26ClN5O3S. The Labute approximate surface area is 207 Å². The number of rotatable bonds is 9. The van der Waals surface area contributed by atoms with Crippen molar-refractivity contribution in [1.29, 1.82) is 0 Å². The van der Waals surface area contributed by atoms with E-state index in [0.717, 1.165) is 43.1 Å². The van der Waals surface area contributed by atoms with Crippen molar-refractivity contribution in [2.45, 2.75) is 30.5 Å². The minimum Gasteiger partial charge on any atom is -0.467 e. The van der Waals surface area contributed by atoms with E-state index in [1.165, 1.54) is 18.9 Å². The van der Waals surface area contributed by atoms with Crippen molar-refractivity contribution in [3.05, 3.63) is 65.2 Å². The van der Waals surface area contributed by atoms with Gasteiger partial charge >= 0.3 is 5.97 Å². The molecule has 1 amide bonds. The molecule has 0 unspecified atom stereocenters. The van der Waals surface area contributed by atoms with E-state index in [1.54, 1.807) is 0 Å². The summed E-state index contributed by atoms with van der Waals surface area (Å²) in [5.41, 5.74) is 1.76. The lowest BCUT2D eigenvalue weighted by Crippen LogP contribution is -2.43. The zero-order valence-electron chi connectivity index (χ0n) is 18.8. The van der Waals surface area contributed by atoms with Gasteiger partial charge in [-0.1, -0.05) is 59.8 Å². The maximum Gasteiger partial charge on any atom is 0.328 e. The van der Waals surface area contributed by atoms with E-state index in [1.807, 2.05) is 59.2 Å². The van der Waals surface area contributed by atoms with Crippen molar-refractivity contribution in [2.75, 3.05) is 30.9 Å². The second-order valence-electron chi connectivity index (χ2n) is 7.91.